The summed E-state index contributed by atoms with van der Waals surface area (Å²) in [4.78, 5) is 0. The Morgan fingerprint density at radius 1 is 0.261 bits per heavy atom. The zero-order valence-corrected chi connectivity index (χ0v) is 26.9. The third kappa shape index (κ3) is 4.33. The molecule has 0 N–H and O–H groups in total. The van der Waals surface area contributed by atoms with E-state index in [-0.39, 0.29) is 0 Å². The predicted molar refractivity (Wildman–Crippen MR) is 201 cm³/mol. The molecule has 2 heterocycles. The van der Waals surface area contributed by atoms with E-state index in [2.05, 4.69) is 191 Å². The van der Waals surface area contributed by atoms with E-state index < -0.39 is 16.1 Å². The smallest absolute Gasteiger partial charge is 0.0781 e. The van der Waals surface area contributed by atoms with Crippen LogP contribution >= 0.6 is 16.1 Å². The van der Waals surface area contributed by atoms with Crippen molar-refractivity contribution in [1.29, 1.82) is 0 Å². The van der Waals surface area contributed by atoms with Crippen molar-refractivity contribution in [2.24, 2.45) is 0 Å². The molecule has 0 radical (unpaired) electrons. The molecular weight excluding hydrogens is 594 g/mol. The third-order valence-electron chi connectivity index (χ3n) is 8.82. The molecule has 0 bridgehead atoms. The van der Waals surface area contributed by atoms with Crippen molar-refractivity contribution in [3.8, 4) is 0 Å². The van der Waals surface area contributed by atoms with Crippen molar-refractivity contribution in [2.75, 3.05) is 0 Å². The standard InChI is InChI=1S/C42H30N2P2/c1-5-17-31(18-6-1)45(32-19-7-2-8-20-32)43-39-27-15-13-25-35(39)37-29-30-38-36-26-14-16-28-40(36)44(42(38)41(37)43)46(33-21-9-3-10-22-33)34-23-11-4-12-24-34/h1-30H. The van der Waals surface area contributed by atoms with Crippen molar-refractivity contribution in [1.82, 2.24) is 8.68 Å². The van der Waals surface area contributed by atoms with E-state index in [1.807, 2.05) is 0 Å². The fourth-order valence-electron chi connectivity index (χ4n) is 6.91. The molecule has 0 amide bonds. The quantitative estimate of drug-likeness (QED) is 0.163. The fourth-order valence-corrected chi connectivity index (χ4v) is 11.8. The Kier molecular flexibility index (Phi) is 6.78. The maximum absolute atomic E-state index is 2.69. The Morgan fingerprint density at radius 3 is 0.870 bits per heavy atom. The normalized spacial score (nSPS) is 11.9. The molecule has 4 heteroatoms. The first-order valence-electron chi connectivity index (χ1n) is 15.6. The molecule has 0 aliphatic heterocycles. The summed E-state index contributed by atoms with van der Waals surface area (Å²) in [6, 6.07) is 67.0. The minimum atomic E-state index is -0.941. The zero-order valence-electron chi connectivity index (χ0n) is 25.1. The maximum atomic E-state index is 2.69. The lowest BCUT2D eigenvalue weighted by Gasteiger charge is -2.25. The zero-order chi connectivity index (χ0) is 30.5. The van der Waals surface area contributed by atoms with Gasteiger partial charge in [-0.1, -0.05) is 170 Å². The number of fused-ring (bicyclic) bond motifs is 7. The van der Waals surface area contributed by atoms with Gasteiger partial charge in [-0.2, -0.15) is 0 Å². The van der Waals surface area contributed by atoms with Gasteiger partial charge in [0.05, 0.1) is 38.2 Å². The van der Waals surface area contributed by atoms with E-state index in [4.69, 9.17) is 0 Å². The summed E-state index contributed by atoms with van der Waals surface area (Å²) in [6.07, 6.45) is 0. The minimum Gasteiger partial charge on any atom is -0.308 e. The van der Waals surface area contributed by atoms with Crippen molar-refractivity contribution < 1.29 is 0 Å². The summed E-state index contributed by atoms with van der Waals surface area (Å²) in [6.45, 7) is 0. The Balaban J connectivity index is 1.51. The molecule has 0 atom stereocenters. The number of aromatic nitrogens is 2. The third-order valence-corrected chi connectivity index (χ3v) is 13.6. The summed E-state index contributed by atoms with van der Waals surface area (Å²) in [5.74, 6) is 0. The molecule has 0 fully saturated rings. The number of nitrogens with zero attached hydrogens (tertiary/aromatic N) is 2. The average Bonchev–Trinajstić information content (AvgIpc) is 3.64. The summed E-state index contributed by atoms with van der Waals surface area (Å²) >= 11 is 0. The largest absolute Gasteiger partial charge is 0.308 e. The molecule has 7 aromatic carbocycles. The second-order valence-corrected chi connectivity index (χ2v) is 15.6. The Labute approximate surface area is 270 Å². The molecule has 0 aliphatic rings. The van der Waals surface area contributed by atoms with Crippen molar-refractivity contribution >= 4 is 81.0 Å². The van der Waals surface area contributed by atoms with E-state index in [1.165, 1.54) is 64.8 Å². The topological polar surface area (TPSA) is 9.86 Å². The summed E-state index contributed by atoms with van der Waals surface area (Å²) in [5.41, 5.74) is 5.13. The molecule has 0 aliphatic carbocycles. The van der Waals surface area contributed by atoms with E-state index in [0.717, 1.165) is 0 Å². The van der Waals surface area contributed by atoms with Crippen LogP contribution in [0.3, 0.4) is 0 Å². The first-order valence-corrected chi connectivity index (χ1v) is 18.2. The first kappa shape index (κ1) is 27.3. The van der Waals surface area contributed by atoms with Gasteiger partial charge in [0.1, 0.15) is 0 Å². The van der Waals surface area contributed by atoms with Crippen LogP contribution in [-0.2, 0) is 0 Å². The number of hydrogen-bond acceptors (Lipinski definition) is 0. The van der Waals surface area contributed by atoms with Gasteiger partial charge in [-0.3, -0.25) is 0 Å². The lowest BCUT2D eigenvalue weighted by Crippen LogP contribution is -2.18. The summed E-state index contributed by atoms with van der Waals surface area (Å²) < 4.78 is 5.37. The highest BCUT2D eigenvalue weighted by Gasteiger charge is 2.28. The molecule has 46 heavy (non-hydrogen) atoms. The van der Waals surface area contributed by atoms with Crippen LogP contribution in [0.1, 0.15) is 0 Å². The van der Waals surface area contributed by atoms with Crippen molar-refractivity contribution in [3.05, 3.63) is 182 Å². The van der Waals surface area contributed by atoms with Crippen LogP contribution < -0.4 is 21.2 Å². The first-order chi connectivity index (χ1) is 22.9. The van der Waals surface area contributed by atoms with Crippen molar-refractivity contribution in [2.45, 2.75) is 0 Å². The molecular formula is C42H30N2P2. The maximum Gasteiger partial charge on any atom is 0.0781 e. The second kappa shape index (κ2) is 11.4. The molecule has 0 unspecified atom stereocenters. The molecule has 0 saturated heterocycles. The van der Waals surface area contributed by atoms with Crippen LogP contribution in [0.25, 0.3) is 43.6 Å². The van der Waals surface area contributed by atoms with Crippen LogP contribution in [0.5, 0.6) is 0 Å². The van der Waals surface area contributed by atoms with E-state index in [0.29, 0.717) is 0 Å². The summed E-state index contributed by atoms with van der Waals surface area (Å²) in [5, 5.41) is 10.5. The minimum absolute atomic E-state index is 0.941. The molecule has 9 rings (SSSR count). The number of para-hydroxylation sites is 2. The number of benzene rings is 7. The molecule has 0 saturated carbocycles. The van der Waals surface area contributed by atoms with Crippen LogP contribution in [0, 0.1) is 0 Å². The average molecular weight is 625 g/mol. The highest BCUT2D eigenvalue weighted by Crippen LogP contribution is 2.51. The van der Waals surface area contributed by atoms with E-state index >= 15 is 0 Å². The second-order valence-electron chi connectivity index (χ2n) is 11.5. The van der Waals surface area contributed by atoms with E-state index in [9.17, 15) is 0 Å². The van der Waals surface area contributed by atoms with Crippen LogP contribution in [-0.4, -0.2) is 8.68 Å². The molecule has 0 spiro atoms. The SMILES string of the molecule is c1ccc(P(c2ccccc2)n2c3ccccc3c3ccc4c5ccccc5n(P(c5ccccc5)c5ccccc5)c4c32)cc1. The fraction of sp³-hybridized carbons (Fsp3) is 0. The van der Waals surface area contributed by atoms with Gasteiger partial charge in [0.2, 0.25) is 0 Å². The van der Waals surface area contributed by atoms with Crippen LogP contribution in [0.15, 0.2) is 182 Å². The van der Waals surface area contributed by atoms with E-state index in [1.54, 1.807) is 0 Å². The van der Waals surface area contributed by atoms with Gasteiger partial charge in [0.15, 0.2) is 0 Å². The highest BCUT2D eigenvalue weighted by atomic mass is 31.1. The van der Waals surface area contributed by atoms with Gasteiger partial charge in [-0.15, -0.1) is 0 Å². The number of rotatable bonds is 6. The van der Waals surface area contributed by atoms with Gasteiger partial charge in [0.25, 0.3) is 0 Å². The number of hydrogen-bond donors (Lipinski definition) is 0. The Bertz CT molecular complexity index is 2210. The molecule has 218 valence electrons. The van der Waals surface area contributed by atoms with Gasteiger partial charge in [-0.05, 0) is 12.1 Å². The lowest BCUT2D eigenvalue weighted by atomic mass is 10.1. The van der Waals surface area contributed by atoms with Gasteiger partial charge < -0.3 is 8.68 Å². The predicted octanol–water partition coefficient (Wildman–Crippen LogP) is 9.69. The molecule has 2 aromatic heterocycles. The summed E-state index contributed by atoms with van der Waals surface area (Å²) in [7, 11) is -1.88. The van der Waals surface area contributed by atoms with Gasteiger partial charge >= 0.3 is 0 Å². The Hall–Kier alpha value is -5.00. The van der Waals surface area contributed by atoms with Crippen LogP contribution in [0.2, 0.25) is 0 Å². The van der Waals surface area contributed by atoms with Crippen LogP contribution in [0.4, 0.5) is 0 Å². The van der Waals surface area contributed by atoms with Gasteiger partial charge in [0, 0.05) is 42.8 Å². The molecule has 9 aromatic rings. The highest BCUT2D eigenvalue weighted by molar-refractivity contribution is 7.72. The molecule has 2 nitrogen and oxygen atoms in total. The lowest BCUT2D eigenvalue weighted by molar-refractivity contribution is 1.36. The Morgan fingerprint density at radius 2 is 0.543 bits per heavy atom. The van der Waals surface area contributed by atoms with Gasteiger partial charge in [-0.25, -0.2) is 0 Å². The monoisotopic (exact) mass is 624 g/mol. The van der Waals surface area contributed by atoms with Crippen molar-refractivity contribution in [3.63, 3.8) is 0 Å².